The zero-order valence-electron chi connectivity index (χ0n) is 11.5. The lowest BCUT2D eigenvalue weighted by Crippen LogP contribution is -1.96. The largest absolute Gasteiger partial charge is 0.488 e. The van der Waals surface area contributed by atoms with E-state index in [2.05, 4.69) is 11.8 Å². The van der Waals surface area contributed by atoms with E-state index in [0.717, 1.165) is 16.0 Å². The maximum absolute atomic E-state index is 10.8. The zero-order valence-corrected chi connectivity index (χ0v) is 12.3. The Morgan fingerprint density at radius 3 is 2.95 bits per heavy atom. The Hall–Kier alpha value is -2.36. The van der Waals surface area contributed by atoms with Crippen molar-refractivity contribution in [2.24, 2.45) is 5.73 Å². The lowest BCUT2D eigenvalue weighted by atomic mass is 10.2. The summed E-state index contributed by atoms with van der Waals surface area (Å²) in [6, 6.07) is 6.52. The average molecular weight is 302 g/mol. The lowest BCUT2D eigenvalue weighted by Gasteiger charge is -2.07. The van der Waals surface area contributed by atoms with Crippen molar-refractivity contribution in [2.45, 2.75) is 13.5 Å². The first-order valence-electron chi connectivity index (χ1n) is 6.24. The van der Waals surface area contributed by atoms with Crippen LogP contribution < -0.4 is 10.5 Å². The molecule has 0 bridgehead atoms. The van der Waals surface area contributed by atoms with Crippen molar-refractivity contribution in [3.05, 3.63) is 55.8 Å². The van der Waals surface area contributed by atoms with Gasteiger partial charge >= 0.3 is 0 Å². The number of nitro groups is 1. The third kappa shape index (κ3) is 4.05. The molecule has 0 aliphatic heterocycles. The molecule has 1 aromatic heterocycles. The van der Waals surface area contributed by atoms with E-state index < -0.39 is 4.92 Å². The molecule has 0 unspecified atom stereocenters. The quantitative estimate of drug-likeness (QED) is 0.535. The van der Waals surface area contributed by atoms with Gasteiger partial charge in [-0.1, -0.05) is 11.8 Å². The number of nitrogens with zero attached hydrogens (tertiary/aromatic N) is 1. The summed E-state index contributed by atoms with van der Waals surface area (Å²) in [7, 11) is 0. The van der Waals surface area contributed by atoms with Gasteiger partial charge in [-0.2, -0.15) is 0 Å². The minimum Gasteiger partial charge on any atom is -0.488 e. The van der Waals surface area contributed by atoms with Crippen LogP contribution in [0.2, 0.25) is 0 Å². The number of benzene rings is 1. The Kier molecular flexibility index (Phi) is 4.93. The summed E-state index contributed by atoms with van der Waals surface area (Å²) in [4.78, 5) is 11.3. The number of hydrogen-bond donors (Lipinski definition) is 1. The number of rotatable bonds is 4. The second-order valence-corrected chi connectivity index (χ2v) is 5.30. The van der Waals surface area contributed by atoms with Gasteiger partial charge in [-0.25, -0.2) is 0 Å². The van der Waals surface area contributed by atoms with E-state index in [1.807, 2.05) is 18.4 Å². The molecule has 0 atom stereocenters. The van der Waals surface area contributed by atoms with E-state index in [1.54, 1.807) is 6.07 Å². The molecule has 2 N–H and O–H groups in total. The molecule has 2 rings (SSSR count). The molecule has 0 radical (unpaired) electrons. The Morgan fingerprint density at radius 1 is 1.43 bits per heavy atom. The molecule has 0 saturated heterocycles. The van der Waals surface area contributed by atoms with E-state index in [-0.39, 0.29) is 5.69 Å². The molecule has 5 nitrogen and oxygen atoms in total. The van der Waals surface area contributed by atoms with Crippen LogP contribution in [0.3, 0.4) is 0 Å². The lowest BCUT2D eigenvalue weighted by molar-refractivity contribution is -0.385. The van der Waals surface area contributed by atoms with Crippen LogP contribution in [0.1, 0.15) is 16.0 Å². The summed E-state index contributed by atoms with van der Waals surface area (Å²) in [6.45, 7) is 2.54. The first kappa shape index (κ1) is 15.0. The highest BCUT2D eigenvalue weighted by Crippen LogP contribution is 2.25. The highest BCUT2D eigenvalue weighted by Gasteiger charge is 2.10. The summed E-state index contributed by atoms with van der Waals surface area (Å²) in [6.07, 6.45) is 0. The van der Waals surface area contributed by atoms with Gasteiger partial charge in [0.1, 0.15) is 12.4 Å². The van der Waals surface area contributed by atoms with Crippen molar-refractivity contribution in [3.63, 3.8) is 0 Å². The van der Waals surface area contributed by atoms with E-state index in [9.17, 15) is 10.1 Å². The Balaban J connectivity index is 2.07. The van der Waals surface area contributed by atoms with Gasteiger partial charge in [-0.3, -0.25) is 10.1 Å². The predicted molar refractivity (Wildman–Crippen MR) is 82.4 cm³/mol. The summed E-state index contributed by atoms with van der Waals surface area (Å²) in [5.74, 6) is 6.26. The van der Waals surface area contributed by atoms with Crippen molar-refractivity contribution in [1.82, 2.24) is 0 Å². The SMILES string of the molecule is Cc1ccc([N+](=O)[O-])cc1OCc1cc(C#CCN)cs1. The number of nitro benzene ring substituents is 1. The number of ether oxygens (including phenoxy) is 1. The number of nitrogens with two attached hydrogens (primary N) is 1. The van der Waals surface area contributed by atoms with E-state index in [1.165, 1.54) is 23.5 Å². The Morgan fingerprint density at radius 2 is 2.24 bits per heavy atom. The molecule has 0 aliphatic rings. The summed E-state index contributed by atoms with van der Waals surface area (Å²) in [5.41, 5.74) is 7.11. The monoisotopic (exact) mass is 302 g/mol. The van der Waals surface area contributed by atoms with Gasteiger partial charge in [0.05, 0.1) is 17.5 Å². The molecule has 0 aliphatic carbocycles. The fourth-order valence-electron chi connectivity index (χ4n) is 1.68. The smallest absolute Gasteiger partial charge is 0.273 e. The van der Waals surface area contributed by atoms with Gasteiger partial charge < -0.3 is 10.5 Å². The first-order chi connectivity index (χ1) is 10.1. The van der Waals surface area contributed by atoms with Crippen LogP contribution in [-0.4, -0.2) is 11.5 Å². The third-order valence-electron chi connectivity index (χ3n) is 2.74. The molecule has 0 fully saturated rings. The summed E-state index contributed by atoms with van der Waals surface area (Å²) >= 11 is 1.53. The van der Waals surface area contributed by atoms with Crippen molar-refractivity contribution in [1.29, 1.82) is 0 Å². The van der Waals surface area contributed by atoms with E-state index in [0.29, 0.717) is 18.9 Å². The Labute approximate surface area is 126 Å². The fraction of sp³-hybridized carbons (Fsp3) is 0.200. The number of aryl methyl sites for hydroxylation is 1. The second kappa shape index (κ2) is 6.88. The molecule has 1 aromatic carbocycles. The van der Waals surface area contributed by atoms with Gasteiger partial charge in [0.25, 0.3) is 5.69 Å². The maximum atomic E-state index is 10.8. The van der Waals surface area contributed by atoms with Crippen LogP contribution in [0.25, 0.3) is 0 Å². The van der Waals surface area contributed by atoms with Gasteiger partial charge in [0.2, 0.25) is 0 Å². The highest BCUT2D eigenvalue weighted by atomic mass is 32.1. The fourth-order valence-corrected chi connectivity index (χ4v) is 2.41. The van der Waals surface area contributed by atoms with Crippen LogP contribution in [0.15, 0.2) is 29.6 Å². The number of non-ortho nitro benzene ring substituents is 1. The van der Waals surface area contributed by atoms with Crippen LogP contribution in [0.4, 0.5) is 5.69 Å². The minimum atomic E-state index is -0.433. The molecule has 0 saturated carbocycles. The third-order valence-corrected chi connectivity index (χ3v) is 3.65. The summed E-state index contributed by atoms with van der Waals surface area (Å²) < 4.78 is 5.66. The minimum absolute atomic E-state index is 0.0243. The maximum Gasteiger partial charge on any atom is 0.273 e. The van der Waals surface area contributed by atoms with Crippen LogP contribution in [0.5, 0.6) is 5.75 Å². The average Bonchev–Trinajstić information content (AvgIpc) is 2.92. The van der Waals surface area contributed by atoms with E-state index in [4.69, 9.17) is 10.5 Å². The van der Waals surface area contributed by atoms with Crippen LogP contribution in [-0.2, 0) is 6.61 Å². The summed E-state index contributed by atoms with van der Waals surface area (Å²) in [5, 5.41) is 12.7. The standard InChI is InChI=1S/C15H14N2O3S/c1-11-4-5-13(17(18)19)8-15(11)20-9-14-7-12(10-21-14)3-2-6-16/h4-5,7-8,10H,6,9,16H2,1H3. The highest BCUT2D eigenvalue weighted by molar-refractivity contribution is 7.10. The van der Waals surface area contributed by atoms with Gasteiger partial charge in [0.15, 0.2) is 0 Å². The number of thiophene rings is 1. The van der Waals surface area contributed by atoms with Gasteiger partial charge in [0, 0.05) is 21.9 Å². The molecule has 1 heterocycles. The molecular weight excluding hydrogens is 288 g/mol. The molecule has 0 spiro atoms. The molecule has 2 aromatic rings. The molecule has 0 amide bonds. The number of hydrogen-bond acceptors (Lipinski definition) is 5. The van der Waals surface area contributed by atoms with Gasteiger partial charge in [-0.15, -0.1) is 11.3 Å². The van der Waals surface area contributed by atoms with Crippen molar-refractivity contribution >= 4 is 17.0 Å². The van der Waals surface area contributed by atoms with Gasteiger partial charge in [-0.05, 0) is 24.6 Å². The predicted octanol–water partition coefficient (Wildman–Crippen LogP) is 2.85. The van der Waals surface area contributed by atoms with Crippen LogP contribution in [0, 0.1) is 28.9 Å². The van der Waals surface area contributed by atoms with E-state index >= 15 is 0 Å². The zero-order chi connectivity index (χ0) is 15.2. The van der Waals surface area contributed by atoms with Crippen molar-refractivity contribution in [3.8, 4) is 17.6 Å². The second-order valence-electron chi connectivity index (χ2n) is 4.30. The Bertz CT molecular complexity index is 713. The molecule has 6 heteroatoms. The normalized spacial score (nSPS) is 9.81. The molecule has 21 heavy (non-hydrogen) atoms. The van der Waals surface area contributed by atoms with Crippen molar-refractivity contribution < 1.29 is 9.66 Å². The first-order valence-corrected chi connectivity index (χ1v) is 7.12. The topological polar surface area (TPSA) is 78.4 Å². The van der Waals surface area contributed by atoms with Crippen LogP contribution >= 0.6 is 11.3 Å². The van der Waals surface area contributed by atoms with Crippen molar-refractivity contribution in [2.75, 3.05) is 6.54 Å². The molecular formula is C15H14N2O3S. The molecule has 108 valence electrons.